The summed E-state index contributed by atoms with van der Waals surface area (Å²) in [5, 5.41) is 9.48. The molecule has 0 unspecified atom stereocenters. The highest BCUT2D eigenvalue weighted by Gasteiger charge is 2.51. The number of aromatic hydroxyl groups is 1. The second-order valence-electron chi connectivity index (χ2n) is 9.56. The fourth-order valence-corrected chi connectivity index (χ4v) is 7.13. The van der Waals surface area contributed by atoms with Gasteiger partial charge in [0.1, 0.15) is 5.75 Å². The van der Waals surface area contributed by atoms with E-state index in [0.29, 0.717) is 17.1 Å². The molecule has 4 bridgehead atoms. The normalized spacial score (nSPS) is 39.4. The van der Waals surface area contributed by atoms with E-state index in [2.05, 4.69) is 17.0 Å². The topological polar surface area (TPSA) is 23.5 Å². The van der Waals surface area contributed by atoms with Gasteiger partial charge in [-0.25, -0.2) is 0 Å². The number of nitrogens with zero attached hydrogens (tertiary/aromatic N) is 1. The Morgan fingerprint density at radius 2 is 1.42 bits per heavy atom. The van der Waals surface area contributed by atoms with Crippen LogP contribution in [0.15, 0.2) is 24.3 Å². The summed E-state index contributed by atoms with van der Waals surface area (Å²) in [6.45, 7) is 3.93. The van der Waals surface area contributed by atoms with Gasteiger partial charge in [-0.3, -0.25) is 0 Å². The van der Waals surface area contributed by atoms with Crippen LogP contribution in [0.1, 0.15) is 62.8 Å². The lowest BCUT2D eigenvalue weighted by molar-refractivity contribution is -0.0714. The summed E-state index contributed by atoms with van der Waals surface area (Å²) in [4.78, 5) is 2.80. The third-order valence-electron chi connectivity index (χ3n) is 7.68. The lowest BCUT2D eigenvalue weighted by atomic mass is 9.49. The zero-order valence-electron chi connectivity index (χ0n) is 14.8. The van der Waals surface area contributed by atoms with E-state index in [-0.39, 0.29) is 0 Å². The van der Waals surface area contributed by atoms with Gasteiger partial charge in [0.2, 0.25) is 0 Å². The highest BCUT2D eigenvalue weighted by molar-refractivity contribution is 5.28. The monoisotopic (exact) mass is 325 g/mol. The van der Waals surface area contributed by atoms with Crippen LogP contribution in [0.4, 0.5) is 0 Å². The maximum atomic E-state index is 9.48. The lowest BCUT2D eigenvalue weighted by Crippen LogP contribution is -2.52. The summed E-state index contributed by atoms with van der Waals surface area (Å²) in [6, 6.07) is 7.93. The Morgan fingerprint density at radius 1 is 0.875 bits per heavy atom. The molecular formula is C22H31NO. The van der Waals surface area contributed by atoms with E-state index >= 15 is 0 Å². The van der Waals surface area contributed by atoms with Crippen LogP contribution >= 0.6 is 0 Å². The predicted molar refractivity (Wildman–Crippen MR) is 97.1 cm³/mol. The minimum atomic E-state index is 0.387. The van der Waals surface area contributed by atoms with Crippen LogP contribution in [-0.2, 0) is 0 Å². The summed E-state index contributed by atoms with van der Waals surface area (Å²) in [6.07, 6.45) is 11.9. The van der Waals surface area contributed by atoms with Crippen LogP contribution in [0.3, 0.4) is 0 Å². The number of phenols is 1. The van der Waals surface area contributed by atoms with E-state index in [1.165, 1.54) is 57.3 Å². The van der Waals surface area contributed by atoms with Gasteiger partial charge in [0, 0.05) is 6.54 Å². The average Bonchev–Trinajstić information content (AvgIpc) is 2.55. The van der Waals surface area contributed by atoms with Crippen molar-refractivity contribution in [3.05, 3.63) is 29.8 Å². The van der Waals surface area contributed by atoms with Crippen LogP contribution in [0.2, 0.25) is 0 Å². The molecule has 1 N–H and O–H groups in total. The smallest absolute Gasteiger partial charge is 0.115 e. The van der Waals surface area contributed by atoms with Gasteiger partial charge in [0.15, 0.2) is 0 Å². The number of benzene rings is 1. The van der Waals surface area contributed by atoms with Crippen LogP contribution in [0.25, 0.3) is 0 Å². The van der Waals surface area contributed by atoms with E-state index in [0.717, 1.165) is 17.8 Å². The number of hydrogen-bond donors (Lipinski definition) is 1. The minimum Gasteiger partial charge on any atom is -0.508 e. The highest BCUT2D eigenvalue weighted by Crippen LogP contribution is 2.60. The van der Waals surface area contributed by atoms with E-state index in [1.807, 2.05) is 12.1 Å². The Balaban J connectivity index is 1.21. The third-order valence-corrected chi connectivity index (χ3v) is 7.68. The Bertz CT molecular complexity index is 549. The third kappa shape index (κ3) is 2.77. The van der Waals surface area contributed by atoms with Crippen molar-refractivity contribution in [2.24, 2.45) is 23.2 Å². The van der Waals surface area contributed by atoms with Crippen molar-refractivity contribution >= 4 is 0 Å². The molecule has 1 heterocycles. The maximum Gasteiger partial charge on any atom is 0.115 e. The van der Waals surface area contributed by atoms with Crippen molar-refractivity contribution in [3.63, 3.8) is 0 Å². The zero-order chi connectivity index (χ0) is 16.1. The Labute approximate surface area is 146 Å². The molecule has 6 rings (SSSR count). The van der Waals surface area contributed by atoms with Crippen molar-refractivity contribution in [2.75, 3.05) is 19.6 Å². The molecule has 1 saturated heterocycles. The van der Waals surface area contributed by atoms with Crippen LogP contribution in [0.5, 0.6) is 5.75 Å². The van der Waals surface area contributed by atoms with Crippen LogP contribution < -0.4 is 0 Å². The second kappa shape index (κ2) is 5.76. The molecule has 4 aliphatic carbocycles. The van der Waals surface area contributed by atoms with E-state index < -0.39 is 0 Å². The van der Waals surface area contributed by atoms with Crippen molar-refractivity contribution < 1.29 is 5.11 Å². The zero-order valence-corrected chi connectivity index (χ0v) is 14.8. The first-order valence-corrected chi connectivity index (χ1v) is 10.2. The first-order valence-electron chi connectivity index (χ1n) is 10.2. The maximum absolute atomic E-state index is 9.48. The molecule has 0 aromatic heterocycles. The van der Waals surface area contributed by atoms with Crippen LogP contribution in [-0.4, -0.2) is 29.6 Å². The number of phenolic OH excluding ortho intramolecular Hbond substituents is 1. The summed E-state index contributed by atoms with van der Waals surface area (Å²) in [5.74, 6) is 4.30. The summed E-state index contributed by atoms with van der Waals surface area (Å²) < 4.78 is 0. The fourth-order valence-electron chi connectivity index (χ4n) is 7.13. The summed E-state index contributed by atoms with van der Waals surface area (Å²) in [7, 11) is 0. The molecule has 0 atom stereocenters. The fraction of sp³-hybridized carbons (Fsp3) is 0.727. The summed E-state index contributed by atoms with van der Waals surface area (Å²) in [5.41, 5.74) is 2.11. The molecule has 1 aromatic carbocycles. The van der Waals surface area contributed by atoms with Crippen molar-refractivity contribution in [3.8, 4) is 5.75 Å². The molecule has 1 aliphatic heterocycles. The molecule has 2 nitrogen and oxygen atoms in total. The average molecular weight is 325 g/mol. The molecule has 1 aromatic rings. The molecule has 0 amide bonds. The van der Waals surface area contributed by atoms with Crippen LogP contribution in [0, 0.1) is 23.2 Å². The quantitative estimate of drug-likeness (QED) is 0.864. The van der Waals surface area contributed by atoms with Gasteiger partial charge in [-0.05, 0) is 111 Å². The SMILES string of the molecule is Oc1ccc(C2CCN(CC34CC5CC(CC(C5)C3)C4)CC2)cc1. The molecule has 0 radical (unpaired) electrons. The van der Waals surface area contributed by atoms with Gasteiger partial charge in [-0.15, -0.1) is 0 Å². The standard InChI is InChI=1S/C22H31NO/c24-21-3-1-19(2-4-21)20-5-7-23(8-6-20)15-22-12-16-9-17(13-22)11-18(10-16)14-22/h1-4,16-18,20,24H,5-15H2. The van der Waals surface area contributed by atoms with Gasteiger partial charge in [0.25, 0.3) is 0 Å². The van der Waals surface area contributed by atoms with Gasteiger partial charge < -0.3 is 10.0 Å². The molecule has 4 saturated carbocycles. The number of likely N-dealkylation sites (tertiary alicyclic amines) is 1. The number of rotatable bonds is 3. The number of hydrogen-bond acceptors (Lipinski definition) is 2. The minimum absolute atomic E-state index is 0.387. The van der Waals surface area contributed by atoms with E-state index in [4.69, 9.17) is 0 Å². The Kier molecular flexibility index (Phi) is 3.66. The van der Waals surface area contributed by atoms with Gasteiger partial charge >= 0.3 is 0 Å². The summed E-state index contributed by atoms with van der Waals surface area (Å²) >= 11 is 0. The van der Waals surface area contributed by atoms with Crippen molar-refractivity contribution in [1.29, 1.82) is 0 Å². The molecule has 24 heavy (non-hydrogen) atoms. The lowest BCUT2D eigenvalue weighted by Gasteiger charge is -2.58. The van der Waals surface area contributed by atoms with E-state index in [1.54, 1.807) is 19.3 Å². The molecule has 2 heteroatoms. The molecular weight excluding hydrogens is 294 g/mol. The number of piperidine rings is 1. The highest BCUT2D eigenvalue weighted by atomic mass is 16.3. The largest absolute Gasteiger partial charge is 0.508 e. The molecule has 130 valence electrons. The second-order valence-corrected chi connectivity index (χ2v) is 9.56. The molecule has 0 spiro atoms. The Hall–Kier alpha value is -1.02. The first kappa shape index (κ1) is 15.3. The molecule has 5 fully saturated rings. The van der Waals surface area contributed by atoms with Crippen molar-refractivity contribution in [2.45, 2.75) is 57.3 Å². The first-order chi connectivity index (χ1) is 11.7. The Morgan fingerprint density at radius 3 is 1.96 bits per heavy atom. The molecule has 5 aliphatic rings. The van der Waals surface area contributed by atoms with Gasteiger partial charge in [-0.2, -0.15) is 0 Å². The van der Waals surface area contributed by atoms with Gasteiger partial charge in [0.05, 0.1) is 0 Å². The van der Waals surface area contributed by atoms with Gasteiger partial charge in [-0.1, -0.05) is 12.1 Å². The predicted octanol–water partition coefficient (Wildman–Crippen LogP) is 4.79. The van der Waals surface area contributed by atoms with E-state index in [9.17, 15) is 5.11 Å². The van der Waals surface area contributed by atoms with Crippen molar-refractivity contribution in [1.82, 2.24) is 4.90 Å².